The number of hydrogen-bond acceptors (Lipinski definition) is 5. The Kier molecular flexibility index (Phi) is 8.31. The highest BCUT2D eigenvalue weighted by atomic mass is 79.9. The number of halogens is 1. The van der Waals surface area contributed by atoms with E-state index in [2.05, 4.69) is 50.0 Å². The molecule has 2 N–H and O–H groups in total. The molecule has 0 saturated heterocycles. The van der Waals surface area contributed by atoms with Gasteiger partial charge in [0.15, 0.2) is 11.5 Å². The fraction of sp³-hybridized carbons (Fsp3) is 0.107. The first-order valence-electron chi connectivity index (χ1n) is 11.2. The van der Waals surface area contributed by atoms with Crippen LogP contribution in [0.4, 0.5) is 5.69 Å². The number of nitrogens with one attached hydrogen (secondary N) is 2. The van der Waals surface area contributed by atoms with Gasteiger partial charge in [0.1, 0.15) is 13.0 Å². The summed E-state index contributed by atoms with van der Waals surface area (Å²) in [6.07, 6.45) is 1.11. The maximum absolute atomic E-state index is 12.1. The van der Waals surface area contributed by atoms with Crippen LogP contribution in [0.5, 0.6) is 11.5 Å². The van der Waals surface area contributed by atoms with Gasteiger partial charge in [0.25, 0.3) is 0 Å². The highest BCUT2D eigenvalue weighted by molar-refractivity contribution is 9.10. The van der Waals surface area contributed by atoms with Gasteiger partial charge in [-0.1, -0.05) is 54.6 Å². The number of amides is 2. The van der Waals surface area contributed by atoms with Crippen molar-refractivity contribution in [1.82, 2.24) is 5.43 Å². The molecule has 36 heavy (non-hydrogen) atoms. The lowest BCUT2D eigenvalue weighted by molar-refractivity contribution is -0.126. The van der Waals surface area contributed by atoms with Gasteiger partial charge in [-0.15, -0.1) is 0 Å². The van der Waals surface area contributed by atoms with Gasteiger partial charge in [-0.2, -0.15) is 5.10 Å². The third-order valence-electron chi connectivity index (χ3n) is 5.32. The van der Waals surface area contributed by atoms with Gasteiger partial charge in [0.2, 0.25) is 11.8 Å². The molecule has 0 aliphatic rings. The topological polar surface area (TPSA) is 89.0 Å². The number of carbonyl (C=O) groups is 2. The molecule has 0 bridgehead atoms. The Morgan fingerprint density at radius 1 is 0.917 bits per heavy atom. The van der Waals surface area contributed by atoms with Gasteiger partial charge in [0.05, 0.1) is 19.0 Å². The number of methoxy groups -OCH3 is 1. The Bertz CT molecular complexity index is 1420. The number of benzene rings is 4. The largest absolute Gasteiger partial charge is 0.493 e. The molecule has 0 radical (unpaired) electrons. The molecule has 0 fully saturated rings. The summed E-state index contributed by atoms with van der Waals surface area (Å²) in [6.45, 7) is 0.392. The summed E-state index contributed by atoms with van der Waals surface area (Å²) in [5, 5.41) is 8.92. The number of anilines is 1. The normalized spacial score (nSPS) is 10.8. The highest BCUT2D eigenvalue weighted by Gasteiger charge is 2.11. The van der Waals surface area contributed by atoms with Gasteiger partial charge in [0, 0.05) is 4.47 Å². The zero-order valence-corrected chi connectivity index (χ0v) is 21.1. The van der Waals surface area contributed by atoms with Gasteiger partial charge >= 0.3 is 0 Å². The van der Waals surface area contributed by atoms with Gasteiger partial charge in [-0.25, -0.2) is 5.43 Å². The van der Waals surface area contributed by atoms with Crippen molar-refractivity contribution < 1.29 is 19.1 Å². The molecular weight excluding hydrogens is 522 g/mol. The Hall–Kier alpha value is -4.17. The van der Waals surface area contributed by atoms with E-state index in [9.17, 15) is 9.59 Å². The van der Waals surface area contributed by atoms with Crippen LogP contribution >= 0.6 is 15.9 Å². The Balaban J connectivity index is 1.33. The molecule has 0 heterocycles. The summed E-state index contributed by atoms with van der Waals surface area (Å²) in [5.74, 6) is 0.162. The third kappa shape index (κ3) is 6.49. The van der Waals surface area contributed by atoms with Crippen LogP contribution in [0, 0.1) is 0 Å². The fourth-order valence-electron chi connectivity index (χ4n) is 3.58. The van der Waals surface area contributed by atoms with E-state index in [1.807, 2.05) is 30.3 Å². The number of nitrogens with zero attached hydrogens (tertiary/aromatic N) is 1. The van der Waals surface area contributed by atoms with Crippen LogP contribution in [-0.2, 0) is 16.2 Å². The van der Waals surface area contributed by atoms with E-state index in [1.165, 1.54) is 6.21 Å². The molecule has 0 spiro atoms. The monoisotopic (exact) mass is 545 g/mol. The predicted molar refractivity (Wildman–Crippen MR) is 144 cm³/mol. The summed E-state index contributed by atoms with van der Waals surface area (Å²) in [5.41, 5.74) is 4.73. The summed E-state index contributed by atoms with van der Waals surface area (Å²) in [7, 11) is 1.56. The van der Waals surface area contributed by atoms with Crippen molar-refractivity contribution in [2.75, 3.05) is 12.4 Å². The van der Waals surface area contributed by atoms with Crippen LogP contribution in [0.2, 0.25) is 0 Å². The summed E-state index contributed by atoms with van der Waals surface area (Å²) < 4.78 is 12.2. The van der Waals surface area contributed by atoms with E-state index in [1.54, 1.807) is 43.5 Å². The highest BCUT2D eigenvalue weighted by Crippen LogP contribution is 2.29. The van der Waals surface area contributed by atoms with Crippen molar-refractivity contribution in [3.8, 4) is 11.5 Å². The molecule has 4 aromatic carbocycles. The van der Waals surface area contributed by atoms with Crippen molar-refractivity contribution in [3.63, 3.8) is 0 Å². The van der Waals surface area contributed by atoms with Gasteiger partial charge in [-0.3, -0.25) is 9.59 Å². The molecule has 8 heteroatoms. The van der Waals surface area contributed by atoms with Crippen LogP contribution in [0.15, 0.2) is 94.5 Å². The zero-order valence-electron chi connectivity index (χ0n) is 19.5. The van der Waals surface area contributed by atoms with Crippen molar-refractivity contribution in [1.29, 1.82) is 0 Å². The standard InChI is InChI=1S/C28H24BrN3O4/c1-35-26-15-19(17-30-32-28(34)16-27(33)31-24-12-5-4-11-23(24)29)13-14-25(26)36-18-21-9-6-8-20-7-2-3-10-22(20)21/h2-15,17H,16,18H2,1H3,(H,31,33)(H,32,34). The zero-order chi connectivity index (χ0) is 25.3. The Morgan fingerprint density at radius 3 is 2.53 bits per heavy atom. The first-order valence-corrected chi connectivity index (χ1v) is 12.0. The molecule has 0 aliphatic carbocycles. The predicted octanol–water partition coefficient (Wildman–Crippen LogP) is 5.67. The number of ether oxygens (including phenoxy) is 2. The molecule has 0 aliphatic heterocycles. The lowest BCUT2D eigenvalue weighted by Gasteiger charge is -2.12. The number of hydrazone groups is 1. The number of rotatable bonds is 9. The molecule has 0 atom stereocenters. The summed E-state index contributed by atoms with van der Waals surface area (Å²) >= 11 is 3.35. The van der Waals surface area contributed by atoms with E-state index in [4.69, 9.17) is 9.47 Å². The van der Waals surface area contributed by atoms with E-state index in [0.717, 1.165) is 20.8 Å². The van der Waals surface area contributed by atoms with Crippen LogP contribution < -0.4 is 20.2 Å². The quantitative estimate of drug-likeness (QED) is 0.161. The first-order chi connectivity index (χ1) is 17.5. The molecule has 2 amide bonds. The number of hydrogen-bond donors (Lipinski definition) is 2. The number of para-hydroxylation sites is 1. The summed E-state index contributed by atoms with van der Waals surface area (Å²) in [6, 6.07) is 26.8. The number of carbonyl (C=O) groups excluding carboxylic acids is 2. The molecule has 0 saturated carbocycles. The minimum Gasteiger partial charge on any atom is -0.493 e. The molecule has 7 nitrogen and oxygen atoms in total. The molecule has 0 aromatic heterocycles. The average Bonchev–Trinajstić information content (AvgIpc) is 2.89. The Morgan fingerprint density at radius 2 is 1.69 bits per heavy atom. The van der Waals surface area contributed by atoms with Crippen LogP contribution in [0.1, 0.15) is 17.5 Å². The smallest absolute Gasteiger partial charge is 0.249 e. The van der Waals surface area contributed by atoms with E-state index >= 15 is 0 Å². The lowest BCUT2D eigenvalue weighted by Crippen LogP contribution is -2.24. The van der Waals surface area contributed by atoms with E-state index in [-0.39, 0.29) is 6.42 Å². The van der Waals surface area contributed by atoms with E-state index in [0.29, 0.717) is 29.4 Å². The third-order valence-corrected chi connectivity index (χ3v) is 6.01. The maximum atomic E-state index is 12.1. The number of fused-ring (bicyclic) bond motifs is 1. The SMILES string of the molecule is COc1cc(C=NNC(=O)CC(=O)Nc2ccccc2Br)ccc1OCc1cccc2ccccc12. The lowest BCUT2D eigenvalue weighted by atomic mass is 10.1. The van der Waals surface area contributed by atoms with Crippen LogP contribution in [0.3, 0.4) is 0 Å². The van der Waals surface area contributed by atoms with Gasteiger partial charge < -0.3 is 14.8 Å². The first kappa shape index (κ1) is 24.9. The minimum atomic E-state index is -0.530. The second-order valence-corrected chi connectivity index (χ2v) is 8.69. The average molecular weight is 546 g/mol. The van der Waals surface area contributed by atoms with Crippen molar-refractivity contribution in [3.05, 3.63) is 101 Å². The summed E-state index contributed by atoms with van der Waals surface area (Å²) in [4.78, 5) is 24.2. The second-order valence-electron chi connectivity index (χ2n) is 7.84. The minimum absolute atomic E-state index is 0.358. The fourth-order valence-corrected chi connectivity index (χ4v) is 3.96. The molecule has 182 valence electrons. The molecular formula is C28H24BrN3O4. The van der Waals surface area contributed by atoms with Crippen molar-refractivity contribution >= 4 is 50.4 Å². The maximum Gasteiger partial charge on any atom is 0.249 e. The molecule has 0 unspecified atom stereocenters. The molecule has 4 aromatic rings. The van der Waals surface area contributed by atoms with Crippen molar-refractivity contribution in [2.45, 2.75) is 13.0 Å². The van der Waals surface area contributed by atoms with Crippen molar-refractivity contribution in [2.24, 2.45) is 5.10 Å². The second kappa shape index (κ2) is 12.0. The van der Waals surface area contributed by atoms with Crippen LogP contribution in [-0.4, -0.2) is 25.1 Å². The van der Waals surface area contributed by atoms with Crippen LogP contribution in [0.25, 0.3) is 10.8 Å². The van der Waals surface area contributed by atoms with Gasteiger partial charge in [-0.05, 0) is 68.2 Å². The Labute approximate surface area is 217 Å². The van der Waals surface area contributed by atoms with E-state index < -0.39 is 11.8 Å². The molecule has 4 rings (SSSR count).